The summed E-state index contributed by atoms with van der Waals surface area (Å²) in [7, 11) is 0. The van der Waals surface area contributed by atoms with E-state index < -0.39 is 0 Å². The summed E-state index contributed by atoms with van der Waals surface area (Å²) in [5, 5.41) is 0. The van der Waals surface area contributed by atoms with Gasteiger partial charge >= 0.3 is 0 Å². The van der Waals surface area contributed by atoms with Crippen molar-refractivity contribution in [2.45, 2.75) is 86.2 Å². The topological polar surface area (TPSA) is 3.24 Å². The zero-order valence-corrected chi connectivity index (χ0v) is 15.9. The Morgan fingerprint density at radius 1 is 1.00 bits per heavy atom. The third kappa shape index (κ3) is 2.22. The summed E-state index contributed by atoms with van der Waals surface area (Å²) in [4.78, 5) is 2.81. The predicted octanol–water partition coefficient (Wildman–Crippen LogP) is 5.51. The van der Waals surface area contributed by atoms with Crippen molar-refractivity contribution in [1.82, 2.24) is 4.90 Å². The van der Waals surface area contributed by atoms with Gasteiger partial charge in [0.25, 0.3) is 0 Å². The molecule has 0 N–H and O–H groups in total. The van der Waals surface area contributed by atoms with Crippen LogP contribution in [0.5, 0.6) is 0 Å². The van der Waals surface area contributed by atoms with E-state index in [0.717, 1.165) is 35.8 Å². The molecule has 0 aromatic heterocycles. The third-order valence-corrected chi connectivity index (χ3v) is 7.10. The normalized spacial score (nSPS) is 39.3. The van der Waals surface area contributed by atoms with Crippen molar-refractivity contribution in [2.75, 3.05) is 6.54 Å². The first kappa shape index (κ1) is 16.6. The van der Waals surface area contributed by atoms with Crippen LogP contribution in [0, 0.1) is 29.1 Å². The molecule has 0 bridgehead atoms. The lowest BCUT2D eigenvalue weighted by molar-refractivity contribution is -0.0790. The van der Waals surface area contributed by atoms with Gasteiger partial charge in [0, 0.05) is 12.1 Å². The molecule has 1 saturated carbocycles. The van der Waals surface area contributed by atoms with E-state index in [1.54, 1.807) is 0 Å². The number of likely N-dealkylation sites (tertiary alicyclic amines) is 1. The lowest BCUT2D eigenvalue weighted by atomic mass is 9.53. The van der Waals surface area contributed by atoms with E-state index in [9.17, 15) is 0 Å². The molecule has 1 aliphatic heterocycles. The van der Waals surface area contributed by atoms with Crippen LogP contribution in [0.15, 0.2) is 11.1 Å². The van der Waals surface area contributed by atoms with E-state index >= 15 is 0 Å². The van der Waals surface area contributed by atoms with Crippen molar-refractivity contribution in [2.24, 2.45) is 29.1 Å². The van der Waals surface area contributed by atoms with Gasteiger partial charge in [0.1, 0.15) is 0 Å². The monoisotopic (exact) mass is 303 g/mol. The van der Waals surface area contributed by atoms with E-state index in [2.05, 4.69) is 53.4 Å². The van der Waals surface area contributed by atoms with E-state index in [4.69, 9.17) is 0 Å². The van der Waals surface area contributed by atoms with Crippen LogP contribution in [-0.4, -0.2) is 23.5 Å². The summed E-state index contributed by atoms with van der Waals surface area (Å²) < 4.78 is 0. The number of piperidine rings is 1. The van der Waals surface area contributed by atoms with Gasteiger partial charge in [0.05, 0.1) is 0 Å². The Labute approximate surface area is 138 Å². The molecule has 1 spiro atoms. The average Bonchev–Trinajstić information content (AvgIpc) is 2.64. The van der Waals surface area contributed by atoms with Crippen molar-refractivity contribution >= 4 is 0 Å². The van der Waals surface area contributed by atoms with Gasteiger partial charge in [-0.05, 0) is 75.2 Å². The first-order valence-corrected chi connectivity index (χ1v) is 9.79. The fourth-order valence-corrected chi connectivity index (χ4v) is 6.54. The van der Waals surface area contributed by atoms with Gasteiger partial charge in [-0.3, -0.25) is 4.90 Å². The molecule has 126 valence electrons. The summed E-state index contributed by atoms with van der Waals surface area (Å²) >= 11 is 0. The molecule has 1 nitrogen and oxygen atoms in total. The quantitative estimate of drug-likeness (QED) is 0.621. The lowest BCUT2D eigenvalue weighted by Gasteiger charge is -2.60. The molecule has 0 aromatic carbocycles. The summed E-state index contributed by atoms with van der Waals surface area (Å²) in [6, 6.07) is 1.60. The Morgan fingerprint density at radius 3 is 2.14 bits per heavy atom. The molecule has 1 heterocycles. The maximum absolute atomic E-state index is 2.81. The lowest BCUT2D eigenvalue weighted by Crippen LogP contribution is -2.61. The molecular formula is C21H37N. The maximum atomic E-state index is 2.81. The summed E-state index contributed by atoms with van der Waals surface area (Å²) in [6.45, 7) is 18.4. The number of hydrogen-bond donors (Lipinski definition) is 0. The predicted molar refractivity (Wildman–Crippen MR) is 95.9 cm³/mol. The zero-order valence-electron chi connectivity index (χ0n) is 15.9. The van der Waals surface area contributed by atoms with Gasteiger partial charge in [-0.25, -0.2) is 0 Å². The van der Waals surface area contributed by atoms with Crippen LogP contribution in [0.2, 0.25) is 0 Å². The largest absolute Gasteiger partial charge is 0.298 e. The molecule has 4 atom stereocenters. The summed E-state index contributed by atoms with van der Waals surface area (Å²) in [5.41, 5.74) is 4.29. The highest BCUT2D eigenvalue weighted by Crippen LogP contribution is 2.64. The second-order valence-electron chi connectivity index (χ2n) is 9.27. The highest BCUT2D eigenvalue weighted by atomic mass is 15.2. The minimum absolute atomic E-state index is 0.557. The number of hydrogen-bond acceptors (Lipinski definition) is 1. The van der Waals surface area contributed by atoms with Crippen molar-refractivity contribution in [1.29, 1.82) is 0 Å². The SMILES string of the molecule is CC(C)C1=C(C(C)C)[C@@]2(CCN(C(C)C)[C@@H]3CC[C@@H]32)C[C@H]1C. The number of rotatable bonds is 3. The molecule has 2 fully saturated rings. The standard InChI is InChI=1S/C21H37N/c1-13(2)19-16(7)12-21(20(19)14(3)4)10-11-22(15(5)6)18-9-8-17(18)21/h13-18H,8-12H2,1-7H3/t16-,17+,18-,21+/m1/s1. The minimum atomic E-state index is 0.557. The van der Waals surface area contributed by atoms with Crippen molar-refractivity contribution < 1.29 is 0 Å². The number of allylic oxidation sites excluding steroid dienone is 2. The van der Waals surface area contributed by atoms with Crippen LogP contribution < -0.4 is 0 Å². The fraction of sp³-hybridized carbons (Fsp3) is 0.905. The number of fused-ring (bicyclic) bond motifs is 2. The van der Waals surface area contributed by atoms with Gasteiger partial charge < -0.3 is 0 Å². The van der Waals surface area contributed by atoms with Gasteiger partial charge in [-0.2, -0.15) is 0 Å². The molecule has 2 aliphatic carbocycles. The second-order valence-corrected chi connectivity index (χ2v) is 9.27. The molecule has 3 aliphatic rings. The van der Waals surface area contributed by atoms with E-state index in [1.165, 1.54) is 32.2 Å². The Morgan fingerprint density at radius 2 is 1.68 bits per heavy atom. The molecule has 1 heteroatoms. The van der Waals surface area contributed by atoms with Gasteiger partial charge in [0.2, 0.25) is 0 Å². The Hall–Kier alpha value is -0.300. The first-order chi connectivity index (χ1) is 10.3. The molecule has 0 radical (unpaired) electrons. The highest BCUT2D eigenvalue weighted by Gasteiger charge is 2.58. The fourth-order valence-electron chi connectivity index (χ4n) is 6.54. The molecule has 3 rings (SSSR count). The van der Waals surface area contributed by atoms with Crippen LogP contribution in [0.4, 0.5) is 0 Å². The Kier molecular flexibility index (Phi) is 4.25. The first-order valence-electron chi connectivity index (χ1n) is 9.79. The van der Waals surface area contributed by atoms with E-state index in [-0.39, 0.29) is 0 Å². The third-order valence-electron chi connectivity index (χ3n) is 7.10. The molecular weight excluding hydrogens is 266 g/mol. The van der Waals surface area contributed by atoms with Crippen molar-refractivity contribution in [3.05, 3.63) is 11.1 Å². The maximum Gasteiger partial charge on any atom is 0.0135 e. The smallest absolute Gasteiger partial charge is 0.0135 e. The summed E-state index contributed by atoms with van der Waals surface area (Å²) in [6.07, 6.45) is 5.78. The summed E-state index contributed by atoms with van der Waals surface area (Å²) in [5.74, 6) is 3.21. The average molecular weight is 304 g/mol. The zero-order chi connectivity index (χ0) is 16.2. The number of nitrogens with zero attached hydrogens (tertiary/aromatic N) is 1. The molecule has 1 saturated heterocycles. The molecule has 22 heavy (non-hydrogen) atoms. The molecule has 0 aromatic rings. The molecule has 0 amide bonds. The van der Waals surface area contributed by atoms with Crippen molar-refractivity contribution in [3.63, 3.8) is 0 Å². The van der Waals surface area contributed by atoms with Gasteiger partial charge in [0.15, 0.2) is 0 Å². The van der Waals surface area contributed by atoms with Crippen LogP contribution in [0.3, 0.4) is 0 Å². The van der Waals surface area contributed by atoms with Gasteiger partial charge in [-0.15, -0.1) is 0 Å². The van der Waals surface area contributed by atoms with Crippen LogP contribution >= 0.6 is 0 Å². The van der Waals surface area contributed by atoms with Crippen LogP contribution in [-0.2, 0) is 0 Å². The Balaban J connectivity index is 2.00. The Bertz CT molecular complexity index is 459. The van der Waals surface area contributed by atoms with Crippen LogP contribution in [0.25, 0.3) is 0 Å². The van der Waals surface area contributed by atoms with Crippen molar-refractivity contribution in [3.8, 4) is 0 Å². The van der Waals surface area contributed by atoms with E-state index in [1.807, 2.05) is 11.1 Å². The molecule has 0 unspecified atom stereocenters. The minimum Gasteiger partial charge on any atom is -0.298 e. The second kappa shape index (κ2) is 5.65. The van der Waals surface area contributed by atoms with E-state index in [0.29, 0.717) is 5.41 Å². The highest BCUT2D eigenvalue weighted by molar-refractivity contribution is 5.36. The van der Waals surface area contributed by atoms with Gasteiger partial charge in [-0.1, -0.05) is 45.8 Å². The van der Waals surface area contributed by atoms with Crippen LogP contribution in [0.1, 0.15) is 74.1 Å².